The van der Waals surface area contributed by atoms with Crippen LogP contribution in [0.2, 0.25) is 0 Å². The van der Waals surface area contributed by atoms with Gasteiger partial charge in [0.15, 0.2) is 0 Å². The first-order chi connectivity index (χ1) is 6.77. The van der Waals surface area contributed by atoms with Gasteiger partial charge in [0.2, 0.25) is 0 Å². The van der Waals surface area contributed by atoms with E-state index in [2.05, 4.69) is 29.2 Å². The van der Waals surface area contributed by atoms with Crippen molar-refractivity contribution in [2.75, 3.05) is 6.54 Å². The minimum Gasteiger partial charge on any atom is -0.312 e. The summed E-state index contributed by atoms with van der Waals surface area (Å²) in [7, 11) is 0. The van der Waals surface area contributed by atoms with Gasteiger partial charge in [-0.1, -0.05) is 13.8 Å². The van der Waals surface area contributed by atoms with Crippen molar-refractivity contribution >= 4 is 0 Å². The molecule has 4 heteroatoms. The molecular formula is C10H18N4. The molecule has 1 heterocycles. The van der Waals surface area contributed by atoms with Gasteiger partial charge in [0, 0.05) is 12.6 Å². The van der Waals surface area contributed by atoms with Gasteiger partial charge in [0.1, 0.15) is 12.7 Å². The molecule has 0 aliphatic heterocycles. The van der Waals surface area contributed by atoms with E-state index in [1.165, 1.54) is 12.8 Å². The molecule has 1 aliphatic carbocycles. The lowest BCUT2D eigenvalue weighted by Crippen LogP contribution is -2.30. The second kappa shape index (κ2) is 4.09. The monoisotopic (exact) mass is 194 g/mol. The van der Waals surface area contributed by atoms with Gasteiger partial charge in [-0.25, -0.2) is 9.67 Å². The lowest BCUT2D eigenvalue weighted by atomic mass is 10.1. The molecule has 78 valence electrons. The molecule has 1 aliphatic rings. The van der Waals surface area contributed by atoms with Crippen LogP contribution in [-0.4, -0.2) is 27.4 Å². The average molecular weight is 194 g/mol. The fourth-order valence-corrected chi connectivity index (χ4v) is 1.60. The van der Waals surface area contributed by atoms with Gasteiger partial charge in [-0.05, 0) is 18.8 Å². The van der Waals surface area contributed by atoms with Gasteiger partial charge in [-0.2, -0.15) is 5.10 Å². The summed E-state index contributed by atoms with van der Waals surface area (Å²) >= 11 is 0. The molecule has 1 fully saturated rings. The fraction of sp³-hybridized carbons (Fsp3) is 0.800. The maximum Gasteiger partial charge on any atom is 0.137 e. The zero-order valence-electron chi connectivity index (χ0n) is 8.85. The van der Waals surface area contributed by atoms with E-state index in [0.29, 0.717) is 12.0 Å². The van der Waals surface area contributed by atoms with Crippen molar-refractivity contribution in [3.05, 3.63) is 12.7 Å². The molecule has 0 spiro atoms. The molecular weight excluding hydrogens is 176 g/mol. The van der Waals surface area contributed by atoms with Gasteiger partial charge in [-0.15, -0.1) is 0 Å². The van der Waals surface area contributed by atoms with E-state index in [1.807, 2.05) is 4.68 Å². The van der Waals surface area contributed by atoms with E-state index in [9.17, 15) is 0 Å². The summed E-state index contributed by atoms with van der Waals surface area (Å²) in [5.41, 5.74) is 0. The number of hydrogen-bond donors (Lipinski definition) is 1. The predicted octanol–water partition coefficient (Wildman–Crippen LogP) is 1.23. The summed E-state index contributed by atoms with van der Waals surface area (Å²) in [4.78, 5) is 3.99. The molecule has 2 rings (SSSR count). The largest absolute Gasteiger partial charge is 0.312 e. The van der Waals surface area contributed by atoms with E-state index in [1.54, 1.807) is 12.7 Å². The molecule has 0 radical (unpaired) electrons. The molecule has 1 aromatic heterocycles. The van der Waals surface area contributed by atoms with E-state index >= 15 is 0 Å². The Balaban J connectivity index is 1.92. The highest BCUT2D eigenvalue weighted by atomic mass is 15.3. The summed E-state index contributed by atoms with van der Waals surface area (Å²) in [5.74, 6) is 0.586. The summed E-state index contributed by atoms with van der Waals surface area (Å²) in [6, 6.07) is 1.19. The van der Waals surface area contributed by atoms with E-state index in [0.717, 1.165) is 12.6 Å². The number of nitrogens with zero attached hydrogens (tertiary/aromatic N) is 3. The Hall–Kier alpha value is -0.900. The number of nitrogens with one attached hydrogen (secondary N) is 1. The third kappa shape index (κ3) is 2.32. The van der Waals surface area contributed by atoms with Crippen molar-refractivity contribution in [1.29, 1.82) is 0 Å². The predicted molar refractivity (Wildman–Crippen MR) is 54.9 cm³/mol. The number of hydrogen-bond acceptors (Lipinski definition) is 3. The molecule has 1 N–H and O–H groups in total. The Morgan fingerprint density at radius 1 is 1.50 bits per heavy atom. The molecule has 14 heavy (non-hydrogen) atoms. The zero-order valence-corrected chi connectivity index (χ0v) is 8.85. The maximum absolute atomic E-state index is 4.20. The van der Waals surface area contributed by atoms with Gasteiger partial charge >= 0.3 is 0 Å². The standard InChI is InChI=1S/C10H18N4/c1-8(2)10(5-12-9-3-4-9)14-7-11-6-13-14/h6-10,12H,3-5H2,1-2H3. The van der Waals surface area contributed by atoms with Crippen LogP contribution in [0.25, 0.3) is 0 Å². The van der Waals surface area contributed by atoms with Crippen LogP contribution in [0.1, 0.15) is 32.7 Å². The molecule has 1 atom stereocenters. The molecule has 1 unspecified atom stereocenters. The van der Waals surface area contributed by atoms with Crippen LogP contribution in [0, 0.1) is 5.92 Å². The van der Waals surface area contributed by atoms with Crippen molar-refractivity contribution in [2.24, 2.45) is 5.92 Å². The second-order valence-electron chi connectivity index (χ2n) is 4.37. The van der Waals surface area contributed by atoms with E-state index < -0.39 is 0 Å². The highest BCUT2D eigenvalue weighted by Gasteiger charge is 2.23. The van der Waals surface area contributed by atoms with Gasteiger partial charge in [-0.3, -0.25) is 0 Å². The molecule has 1 aromatic rings. The second-order valence-corrected chi connectivity index (χ2v) is 4.37. The Kier molecular flexibility index (Phi) is 2.82. The van der Waals surface area contributed by atoms with Crippen LogP contribution in [0.5, 0.6) is 0 Å². The van der Waals surface area contributed by atoms with E-state index in [4.69, 9.17) is 0 Å². The summed E-state index contributed by atoms with van der Waals surface area (Å²) in [5, 5.41) is 7.74. The third-order valence-corrected chi connectivity index (χ3v) is 2.74. The highest BCUT2D eigenvalue weighted by molar-refractivity contribution is 4.83. The van der Waals surface area contributed by atoms with Crippen molar-refractivity contribution in [3.8, 4) is 0 Å². The molecule has 0 aromatic carbocycles. The minimum absolute atomic E-state index is 0.429. The van der Waals surface area contributed by atoms with Gasteiger partial charge in [0.05, 0.1) is 6.04 Å². The van der Waals surface area contributed by atoms with Gasteiger partial charge in [0.25, 0.3) is 0 Å². The lowest BCUT2D eigenvalue weighted by Gasteiger charge is -2.21. The first kappa shape index (κ1) is 9.65. The van der Waals surface area contributed by atoms with Crippen LogP contribution < -0.4 is 5.32 Å². The topological polar surface area (TPSA) is 42.7 Å². The maximum atomic E-state index is 4.20. The Morgan fingerprint density at radius 3 is 2.79 bits per heavy atom. The lowest BCUT2D eigenvalue weighted by molar-refractivity contribution is 0.328. The number of aromatic nitrogens is 3. The van der Waals surface area contributed by atoms with E-state index in [-0.39, 0.29) is 0 Å². The molecule has 4 nitrogen and oxygen atoms in total. The van der Waals surface area contributed by atoms with Gasteiger partial charge < -0.3 is 5.32 Å². The normalized spacial score (nSPS) is 18.8. The third-order valence-electron chi connectivity index (χ3n) is 2.74. The van der Waals surface area contributed by atoms with Crippen LogP contribution >= 0.6 is 0 Å². The first-order valence-electron chi connectivity index (χ1n) is 5.35. The summed E-state index contributed by atoms with van der Waals surface area (Å²) < 4.78 is 1.96. The Labute approximate surface area is 84.7 Å². The summed E-state index contributed by atoms with van der Waals surface area (Å²) in [6.45, 7) is 5.45. The van der Waals surface area contributed by atoms with Crippen LogP contribution in [0.3, 0.4) is 0 Å². The SMILES string of the molecule is CC(C)C(CNC1CC1)n1cncn1. The Bertz CT molecular complexity index is 264. The molecule has 0 amide bonds. The zero-order chi connectivity index (χ0) is 9.97. The quantitative estimate of drug-likeness (QED) is 0.766. The van der Waals surface area contributed by atoms with Crippen molar-refractivity contribution in [1.82, 2.24) is 20.1 Å². The molecule has 0 saturated heterocycles. The minimum atomic E-state index is 0.429. The highest BCUT2D eigenvalue weighted by Crippen LogP contribution is 2.21. The fourth-order valence-electron chi connectivity index (χ4n) is 1.60. The smallest absolute Gasteiger partial charge is 0.137 e. The molecule has 1 saturated carbocycles. The van der Waals surface area contributed by atoms with Crippen molar-refractivity contribution < 1.29 is 0 Å². The van der Waals surface area contributed by atoms with Crippen molar-refractivity contribution in [3.63, 3.8) is 0 Å². The van der Waals surface area contributed by atoms with Crippen LogP contribution in [-0.2, 0) is 0 Å². The number of rotatable bonds is 5. The van der Waals surface area contributed by atoms with Crippen LogP contribution in [0.4, 0.5) is 0 Å². The average Bonchev–Trinajstić information content (AvgIpc) is 2.80. The van der Waals surface area contributed by atoms with Crippen LogP contribution in [0.15, 0.2) is 12.7 Å². The molecule has 0 bridgehead atoms. The van der Waals surface area contributed by atoms with Crippen molar-refractivity contribution in [2.45, 2.75) is 38.8 Å². The Morgan fingerprint density at radius 2 is 2.29 bits per heavy atom. The summed E-state index contributed by atoms with van der Waals surface area (Å²) in [6.07, 6.45) is 6.08. The first-order valence-corrected chi connectivity index (χ1v) is 5.35.